The number of nitrogens with two attached hydrogens (primary N) is 1. The van der Waals surface area contributed by atoms with E-state index in [1.54, 1.807) is 31.4 Å². The summed E-state index contributed by atoms with van der Waals surface area (Å²) in [5.41, 5.74) is 0.752. The van der Waals surface area contributed by atoms with Crippen LogP contribution in [0.15, 0.2) is 100 Å². The Kier molecular flexibility index (Phi) is 13.3. The van der Waals surface area contributed by atoms with Crippen molar-refractivity contribution in [3.8, 4) is 0 Å². The van der Waals surface area contributed by atoms with E-state index in [4.69, 9.17) is 15.3 Å². The SMILES string of the molecule is CC.COC1=CC(OC(=O)C2C=CC=CCC2)C=C(/C=N/N)C=C1.Sc1ccccc1. The minimum Gasteiger partial charge on any atom is -0.497 e. The second kappa shape index (κ2) is 15.8. The van der Waals surface area contributed by atoms with Crippen LogP contribution in [0.25, 0.3) is 0 Å². The van der Waals surface area contributed by atoms with Crippen molar-refractivity contribution in [3.63, 3.8) is 0 Å². The van der Waals surface area contributed by atoms with E-state index < -0.39 is 6.10 Å². The van der Waals surface area contributed by atoms with Gasteiger partial charge in [0.05, 0.1) is 19.2 Å². The molecule has 0 fully saturated rings. The zero-order chi connectivity index (χ0) is 22.9. The van der Waals surface area contributed by atoms with Crippen LogP contribution < -0.4 is 5.84 Å². The second-order valence-corrected chi connectivity index (χ2v) is 6.80. The highest BCUT2D eigenvalue weighted by Gasteiger charge is 2.21. The highest BCUT2D eigenvalue weighted by atomic mass is 32.1. The molecule has 0 saturated carbocycles. The number of benzene rings is 1. The third-order valence-corrected chi connectivity index (χ3v) is 4.43. The topological polar surface area (TPSA) is 73.9 Å². The number of ether oxygens (including phenoxy) is 2. The lowest BCUT2D eigenvalue weighted by atomic mass is 10.0. The molecule has 2 N–H and O–H groups in total. The summed E-state index contributed by atoms with van der Waals surface area (Å²) in [5, 5.41) is 3.50. The van der Waals surface area contributed by atoms with Crippen LogP contribution in [-0.2, 0) is 14.3 Å². The van der Waals surface area contributed by atoms with Crippen molar-refractivity contribution in [2.45, 2.75) is 37.7 Å². The van der Waals surface area contributed by atoms with E-state index in [9.17, 15) is 4.79 Å². The number of esters is 1. The number of carbonyl (C=O) groups excluding carboxylic acids is 1. The molecule has 0 aromatic heterocycles. The number of methoxy groups -OCH3 is 1. The van der Waals surface area contributed by atoms with Gasteiger partial charge < -0.3 is 15.3 Å². The molecule has 1 aromatic carbocycles. The molecule has 2 atom stereocenters. The highest BCUT2D eigenvalue weighted by Crippen LogP contribution is 2.19. The minimum atomic E-state index is -0.518. The van der Waals surface area contributed by atoms with Crippen molar-refractivity contribution < 1.29 is 14.3 Å². The van der Waals surface area contributed by atoms with Crippen molar-refractivity contribution in [2.75, 3.05) is 7.11 Å². The monoisotopic (exact) mass is 440 g/mol. The number of rotatable bonds is 4. The van der Waals surface area contributed by atoms with Crippen molar-refractivity contribution in [2.24, 2.45) is 16.9 Å². The molecule has 0 spiro atoms. The van der Waals surface area contributed by atoms with Crippen molar-refractivity contribution in [1.29, 1.82) is 0 Å². The molecule has 2 unspecified atom stereocenters. The molecule has 0 saturated heterocycles. The number of nitrogens with zero attached hydrogens (tertiary/aromatic N) is 1. The van der Waals surface area contributed by atoms with Crippen LogP contribution in [0.1, 0.15) is 26.7 Å². The molecular weight excluding hydrogens is 408 g/mol. The molecule has 2 aliphatic carbocycles. The third-order valence-electron chi connectivity index (χ3n) is 4.13. The summed E-state index contributed by atoms with van der Waals surface area (Å²) in [6.45, 7) is 4.00. The number of allylic oxidation sites excluding steroid dienone is 6. The average molecular weight is 441 g/mol. The number of hydrogen-bond acceptors (Lipinski definition) is 6. The number of hydrogen-bond donors (Lipinski definition) is 2. The van der Waals surface area contributed by atoms with E-state index in [0.717, 1.165) is 23.3 Å². The van der Waals surface area contributed by atoms with Gasteiger partial charge in [-0.2, -0.15) is 5.10 Å². The van der Waals surface area contributed by atoms with E-state index in [2.05, 4.69) is 17.7 Å². The zero-order valence-corrected chi connectivity index (χ0v) is 19.2. The van der Waals surface area contributed by atoms with Crippen LogP contribution in [-0.4, -0.2) is 25.4 Å². The highest BCUT2D eigenvalue weighted by molar-refractivity contribution is 7.80. The van der Waals surface area contributed by atoms with Gasteiger partial charge in [0, 0.05) is 11.0 Å². The van der Waals surface area contributed by atoms with Crippen LogP contribution in [0.2, 0.25) is 0 Å². The predicted molar refractivity (Wildman–Crippen MR) is 131 cm³/mol. The molecule has 5 nitrogen and oxygen atoms in total. The summed E-state index contributed by atoms with van der Waals surface area (Å²) in [4.78, 5) is 13.3. The molecule has 0 bridgehead atoms. The molecule has 3 rings (SSSR count). The van der Waals surface area contributed by atoms with Gasteiger partial charge in [-0.15, -0.1) is 12.6 Å². The molecule has 166 valence electrons. The predicted octanol–water partition coefficient (Wildman–Crippen LogP) is 5.39. The van der Waals surface area contributed by atoms with Crippen molar-refractivity contribution in [1.82, 2.24) is 0 Å². The summed E-state index contributed by atoms with van der Waals surface area (Å²) < 4.78 is 10.8. The molecule has 0 aliphatic heterocycles. The Balaban J connectivity index is 0.000000447. The van der Waals surface area contributed by atoms with Gasteiger partial charge in [0.2, 0.25) is 0 Å². The first-order valence-electron chi connectivity index (χ1n) is 10.3. The summed E-state index contributed by atoms with van der Waals surface area (Å²) >= 11 is 4.08. The molecule has 1 aromatic rings. The number of hydrazone groups is 1. The van der Waals surface area contributed by atoms with Gasteiger partial charge in [-0.05, 0) is 48.8 Å². The van der Waals surface area contributed by atoms with Crippen LogP contribution >= 0.6 is 12.6 Å². The summed E-state index contributed by atoms with van der Waals surface area (Å²) in [6, 6.07) is 9.79. The Morgan fingerprint density at radius 3 is 2.52 bits per heavy atom. The summed E-state index contributed by atoms with van der Waals surface area (Å²) in [7, 11) is 1.57. The van der Waals surface area contributed by atoms with Gasteiger partial charge >= 0.3 is 5.97 Å². The number of carbonyl (C=O) groups is 1. The lowest BCUT2D eigenvalue weighted by Gasteiger charge is -2.15. The summed E-state index contributed by atoms with van der Waals surface area (Å²) in [5.74, 6) is 5.32. The standard InChI is InChI=1S/C17H20N2O3.C6H6S.C2H6/c1-21-15-9-8-13(12-19-18)10-16(11-15)22-17(20)14-6-4-2-3-5-7-14;7-6-4-2-1-3-5-6;1-2/h2-4,6,8-12,14,16H,5,7,18H2,1H3;1-5,7H;1-2H3/b19-12+;;. The molecule has 6 heteroatoms. The quantitative estimate of drug-likeness (QED) is 0.216. The molecule has 0 heterocycles. The van der Waals surface area contributed by atoms with Crippen molar-refractivity contribution in [3.05, 3.63) is 90.3 Å². The Bertz CT molecular complexity index is 840. The Morgan fingerprint density at radius 1 is 1.16 bits per heavy atom. The Morgan fingerprint density at radius 2 is 1.90 bits per heavy atom. The molecular formula is C25H32N2O3S. The molecule has 0 radical (unpaired) electrons. The average Bonchev–Trinajstić information content (AvgIpc) is 3.18. The smallest absolute Gasteiger partial charge is 0.313 e. The van der Waals surface area contributed by atoms with Crippen LogP contribution in [0.4, 0.5) is 0 Å². The maximum absolute atomic E-state index is 12.3. The molecule has 0 amide bonds. The van der Waals surface area contributed by atoms with E-state index >= 15 is 0 Å². The van der Waals surface area contributed by atoms with E-state index in [-0.39, 0.29) is 11.9 Å². The zero-order valence-electron chi connectivity index (χ0n) is 18.3. The largest absolute Gasteiger partial charge is 0.497 e. The van der Waals surface area contributed by atoms with Crippen LogP contribution in [0.3, 0.4) is 0 Å². The second-order valence-electron chi connectivity index (χ2n) is 6.29. The minimum absolute atomic E-state index is 0.231. The van der Waals surface area contributed by atoms with Gasteiger partial charge in [-0.3, -0.25) is 4.79 Å². The normalized spacial score (nSPS) is 19.5. The van der Waals surface area contributed by atoms with Gasteiger partial charge in [-0.25, -0.2) is 0 Å². The van der Waals surface area contributed by atoms with Crippen molar-refractivity contribution >= 4 is 24.8 Å². The van der Waals surface area contributed by atoms with Crippen LogP contribution in [0.5, 0.6) is 0 Å². The fourth-order valence-electron chi connectivity index (χ4n) is 2.66. The van der Waals surface area contributed by atoms with E-state index in [1.165, 1.54) is 6.21 Å². The fourth-order valence-corrected chi connectivity index (χ4v) is 2.83. The molecule has 2 aliphatic rings. The van der Waals surface area contributed by atoms with Gasteiger partial charge in [0.25, 0.3) is 0 Å². The van der Waals surface area contributed by atoms with Gasteiger partial charge in [-0.1, -0.05) is 56.4 Å². The third kappa shape index (κ3) is 10.6. The lowest BCUT2D eigenvalue weighted by Crippen LogP contribution is -2.21. The Labute approximate surface area is 191 Å². The lowest BCUT2D eigenvalue weighted by molar-refractivity contribution is -0.148. The fraction of sp³-hybridized carbons (Fsp3) is 0.280. The van der Waals surface area contributed by atoms with E-state index in [0.29, 0.717) is 5.76 Å². The first kappa shape index (κ1) is 26.0. The van der Waals surface area contributed by atoms with Crippen LogP contribution in [0, 0.1) is 5.92 Å². The maximum atomic E-state index is 12.3. The Hall–Kier alpha value is -2.99. The van der Waals surface area contributed by atoms with Gasteiger partial charge in [0.1, 0.15) is 11.9 Å². The first-order chi connectivity index (χ1) is 15.1. The first-order valence-corrected chi connectivity index (χ1v) is 10.7. The maximum Gasteiger partial charge on any atom is 0.313 e. The van der Waals surface area contributed by atoms with Gasteiger partial charge in [0.15, 0.2) is 0 Å². The molecule has 31 heavy (non-hydrogen) atoms. The van der Waals surface area contributed by atoms with E-state index in [1.807, 2.05) is 68.5 Å². The number of thiol groups is 1. The summed E-state index contributed by atoms with van der Waals surface area (Å²) in [6.07, 6.45) is 17.4.